The Morgan fingerprint density at radius 1 is 1.63 bits per heavy atom. The summed E-state index contributed by atoms with van der Waals surface area (Å²) in [6, 6.07) is 4.01. The third-order valence-electron chi connectivity index (χ3n) is 3.08. The maximum atomic E-state index is 13.4. The first-order valence-electron chi connectivity index (χ1n) is 6.53. The molecule has 0 radical (unpaired) electrons. The lowest BCUT2D eigenvalue weighted by molar-refractivity contribution is -0.122. The van der Waals surface area contributed by atoms with Gasteiger partial charge in [0.15, 0.2) is 0 Å². The second-order valence-electron chi connectivity index (χ2n) is 4.97. The number of ether oxygens (including phenoxy) is 1. The molecule has 1 aromatic carbocycles. The van der Waals surface area contributed by atoms with E-state index in [-0.39, 0.29) is 30.2 Å². The first kappa shape index (κ1) is 13.8. The molecule has 0 fully saturated rings. The molecule has 1 aliphatic heterocycles. The van der Waals surface area contributed by atoms with Crippen molar-refractivity contribution >= 4 is 5.91 Å². The molecule has 104 valence electrons. The highest BCUT2D eigenvalue weighted by molar-refractivity contribution is 5.77. The number of nitrogens with two attached hydrogens (primary N) is 1. The van der Waals surface area contributed by atoms with Crippen LogP contribution in [0.4, 0.5) is 4.39 Å². The van der Waals surface area contributed by atoms with Crippen molar-refractivity contribution in [1.29, 1.82) is 0 Å². The average molecular weight is 266 g/mol. The first-order chi connectivity index (χ1) is 9.06. The van der Waals surface area contributed by atoms with E-state index in [1.807, 2.05) is 0 Å². The van der Waals surface area contributed by atoms with Crippen molar-refractivity contribution in [3.05, 3.63) is 29.6 Å². The van der Waals surface area contributed by atoms with E-state index < -0.39 is 0 Å². The van der Waals surface area contributed by atoms with Crippen molar-refractivity contribution in [3.63, 3.8) is 0 Å². The molecule has 2 atom stereocenters. The number of amides is 1. The Bertz CT molecular complexity index is 463. The van der Waals surface area contributed by atoms with Crippen LogP contribution in [-0.4, -0.2) is 18.6 Å². The van der Waals surface area contributed by atoms with Crippen LogP contribution in [0, 0.1) is 5.82 Å². The minimum absolute atomic E-state index is 0.114. The minimum Gasteiger partial charge on any atom is -0.493 e. The van der Waals surface area contributed by atoms with E-state index in [9.17, 15) is 9.18 Å². The third kappa shape index (κ3) is 3.67. The Morgan fingerprint density at radius 2 is 2.42 bits per heavy atom. The Morgan fingerprint density at radius 3 is 3.16 bits per heavy atom. The van der Waals surface area contributed by atoms with Gasteiger partial charge in [0.2, 0.25) is 5.91 Å². The van der Waals surface area contributed by atoms with E-state index in [2.05, 4.69) is 5.32 Å². The first-order valence-corrected chi connectivity index (χ1v) is 6.53. The Kier molecular flexibility index (Phi) is 4.37. The Balaban J connectivity index is 2.17. The molecule has 5 heteroatoms. The number of hydrogen-bond donors (Lipinski definition) is 2. The van der Waals surface area contributed by atoms with Gasteiger partial charge in [-0.3, -0.25) is 4.79 Å². The van der Waals surface area contributed by atoms with Crippen molar-refractivity contribution in [3.8, 4) is 5.75 Å². The van der Waals surface area contributed by atoms with Gasteiger partial charge in [0.25, 0.3) is 0 Å². The van der Waals surface area contributed by atoms with E-state index in [4.69, 9.17) is 10.5 Å². The molecular weight excluding hydrogens is 247 g/mol. The van der Waals surface area contributed by atoms with Crippen molar-refractivity contribution in [2.24, 2.45) is 5.73 Å². The van der Waals surface area contributed by atoms with Crippen LogP contribution in [0.1, 0.15) is 37.8 Å². The molecule has 1 aliphatic rings. The van der Waals surface area contributed by atoms with Crippen LogP contribution in [0.3, 0.4) is 0 Å². The summed E-state index contributed by atoms with van der Waals surface area (Å²) in [6.45, 7) is 2.36. The van der Waals surface area contributed by atoms with Crippen LogP contribution in [0.25, 0.3) is 0 Å². The number of fused-ring (bicyclic) bond motifs is 1. The summed E-state index contributed by atoms with van der Waals surface area (Å²) in [5, 5.41) is 2.91. The molecule has 4 nitrogen and oxygen atoms in total. The van der Waals surface area contributed by atoms with Gasteiger partial charge < -0.3 is 15.8 Å². The largest absolute Gasteiger partial charge is 0.493 e. The van der Waals surface area contributed by atoms with E-state index in [0.29, 0.717) is 17.9 Å². The molecule has 0 aromatic heterocycles. The Labute approximate surface area is 112 Å². The molecule has 0 saturated carbocycles. The maximum Gasteiger partial charge on any atom is 0.222 e. The van der Waals surface area contributed by atoms with E-state index in [1.165, 1.54) is 12.1 Å². The maximum absolute atomic E-state index is 13.4. The van der Waals surface area contributed by atoms with Crippen LogP contribution in [-0.2, 0) is 4.79 Å². The van der Waals surface area contributed by atoms with Gasteiger partial charge in [0.05, 0.1) is 12.6 Å². The van der Waals surface area contributed by atoms with Crippen LogP contribution in [0.5, 0.6) is 5.75 Å². The standard InChI is InChI=1S/C14H19FN2O2/c1-9(16)7-14(18)17-12-3-2-6-19-13-5-4-10(15)8-11(12)13/h4-5,8-9,12H,2-3,6-7,16H2,1H3,(H,17,18). The molecule has 1 aromatic rings. The summed E-state index contributed by atoms with van der Waals surface area (Å²) < 4.78 is 18.9. The summed E-state index contributed by atoms with van der Waals surface area (Å²) in [7, 11) is 0. The van der Waals surface area contributed by atoms with Crippen LogP contribution >= 0.6 is 0 Å². The summed E-state index contributed by atoms with van der Waals surface area (Å²) in [6.07, 6.45) is 1.82. The molecule has 3 N–H and O–H groups in total. The van der Waals surface area contributed by atoms with E-state index in [1.54, 1.807) is 13.0 Å². The van der Waals surface area contributed by atoms with Gasteiger partial charge in [-0.25, -0.2) is 4.39 Å². The second kappa shape index (κ2) is 6.02. The van der Waals surface area contributed by atoms with E-state index in [0.717, 1.165) is 12.8 Å². The number of nitrogens with one attached hydrogen (secondary N) is 1. The zero-order valence-electron chi connectivity index (χ0n) is 11.0. The highest BCUT2D eigenvalue weighted by Crippen LogP contribution is 2.32. The lowest BCUT2D eigenvalue weighted by Crippen LogP contribution is -2.32. The molecule has 1 amide bonds. The van der Waals surface area contributed by atoms with Gasteiger partial charge in [-0.2, -0.15) is 0 Å². The normalized spacial score (nSPS) is 19.8. The summed E-state index contributed by atoms with van der Waals surface area (Å²) >= 11 is 0. The third-order valence-corrected chi connectivity index (χ3v) is 3.08. The molecule has 0 saturated heterocycles. The lowest BCUT2D eigenvalue weighted by Gasteiger charge is -2.19. The van der Waals surface area contributed by atoms with Crippen molar-refractivity contribution in [2.45, 2.75) is 38.3 Å². The number of halogens is 1. The number of carbonyl (C=O) groups is 1. The van der Waals surface area contributed by atoms with Gasteiger partial charge >= 0.3 is 0 Å². The summed E-state index contributed by atoms with van der Waals surface area (Å²) in [5.74, 6) is 0.206. The molecule has 0 aliphatic carbocycles. The van der Waals surface area contributed by atoms with Gasteiger partial charge in [0.1, 0.15) is 11.6 Å². The fourth-order valence-electron chi connectivity index (χ4n) is 2.24. The monoisotopic (exact) mass is 266 g/mol. The number of hydrogen-bond acceptors (Lipinski definition) is 3. The van der Waals surface area contributed by atoms with Gasteiger partial charge in [-0.1, -0.05) is 0 Å². The number of carbonyl (C=O) groups excluding carboxylic acids is 1. The van der Waals surface area contributed by atoms with Gasteiger partial charge in [-0.05, 0) is 38.0 Å². The summed E-state index contributed by atoms with van der Waals surface area (Å²) in [4.78, 5) is 11.8. The zero-order valence-corrected chi connectivity index (χ0v) is 11.0. The SMILES string of the molecule is CC(N)CC(=O)NC1CCCOc2ccc(F)cc21. The van der Waals surface area contributed by atoms with Crippen LogP contribution in [0.2, 0.25) is 0 Å². The van der Waals surface area contributed by atoms with Gasteiger partial charge in [-0.15, -0.1) is 0 Å². The van der Waals surface area contributed by atoms with E-state index >= 15 is 0 Å². The van der Waals surface area contributed by atoms with Crippen LogP contribution < -0.4 is 15.8 Å². The quantitative estimate of drug-likeness (QED) is 0.878. The molecule has 2 rings (SSSR count). The highest BCUT2D eigenvalue weighted by Gasteiger charge is 2.22. The van der Waals surface area contributed by atoms with Crippen LogP contribution in [0.15, 0.2) is 18.2 Å². The lowest BCUT2D eigenvalue weighted by atomic mass is 10.0. The van der Waals surface area contributed by atoms with Crippen molar-refractivity contribution in [1.82, 2.24) is 5.32 Å². The Hall–Kier alpha value is -1.62. The fourth-order valence-corrected chi connectivity index (χ4v) is 2.24. The molecule has 19 heavy (non-hydrogen) atoms. The fraction of sp³-hybridized carbons (Fsp3) is 0.500. The predicted molar refractivity (Wildman–Crippen MR) is 70.3 cm³/mol. The second-order valence-corrected chi connectivity index (χ2v) is 4.97. The minimum atomic E-state index is -0.323. The molecule has 0 spiro atoms. The number of rotatable bonds is 3. The van der Waals surface area contributed by atoms with Crippen molar-refractivity contribution < 1.29 is 13.9 Å². The zero-order chi connectivity index (χ0) is 13.8. The highest BCUT2D eigenvalue weighted by atomic mass is 19.1. The molecule has 0 bridgehead atoms. The topological polar surface area (TPSA) is 64.4 Å². The molecule has 1 heterocycles. The summed E-state index contributed by atoms with van der Waals surface area (Å²) in [5.41, 5.74) is 6.31. The van der Waals surface area contributed by atoms with Gasteiger partial charge in [0, 0.05) is 18.0 Å². The predicted octanol–water partition coefficient (Wildman–Crippen LogP) is 1.89. The smallest absolute Gasteiger partial charge is 0.222 e. The average Bonchev–Trinajstić information content (AvgIpc) is 2.51. The molecule has 2 unspecified atom stereocenters. The van der Waals surface area contributed by atoms with Crippen molar-refractivity contribution in [2.75, 3.05) is 6.61 Å². The number of benzene rings is 1. The molecular formula is C14H19FN2O2.